The molecule has 2 heterocycles. The predicted molar refractivity (Wildman–Crippen MR) is 103 cm³/mol. The Morgan fingerprint density at radius 2 is 2.08 bits per heavy atom. The number of nitrogens with one attached hydrogen (secondary N) is 2. The number of fused-ring (bicyclic) bond motifs is 1. The first-order valence-electron chi connectivity index (χ1n) is 8.33. The van der Waals surface area contributed by atoms with Crippen LogP contribution in [0.3, 0.4) is 0 Å². The largest absolute Gasteiger partial charge is 0.399 e. The standard InChI is InChI=1S/C19H20N4OS/c20-16-8-4-7-14(9-16)19-12-21-10-15(19)11-25-18(23-19)22-17(24)13-5-2-1-3-6-13/h1-9,15,21H,10-12,20H2,(H,22,23,24)/t15-,19+/m0/s1. The summed E-state index contributed by atoms with van der Waals surface area (Å²) in [6.07, 6.45) is 0. The third kappa shape index (κ3) is 3.03. The number of aliphatic imine (C=N–C) groups is 1. The van der Waals surface area contributed by atoms with Crippen molar-refractivity contribution in [1.82, 2.24) is 10.6 Å². The molecule has 128 valence electrons. The number of carbonyl (C=O) groups excluding carboxylic acids is 1. The first-order chi connectivity index (χ1) is 12.2. The van der Waals surface area contributed by atoms with Crippen LogP contribution in [-0.4, -0.2) is 29.9 Å². The Kier molecular flexibility index (Phi) is 4.23. The summed E-state index contributed by atoms with van der Waals surface area (Å²) in [4.78, 5) is 17.4. The highest BCUT2D eigenvalue weighted by Gasteiger charge is 2.47. The third-order valence-electron chi connectivity index (χ3n) is 4.83. The molecule has 0 bridgehead atoms. The van der Waals surface area contributed by atoms with Gasteiger partial charge < -0.3 is 16.4 Å². The Morgan fingerprint density at radius 1 is 1.24 bits per heavy atom. The normalized spacial score (nSPS) is 25.1. The van der Waals surface area contributed by atoms with Crippen LogP contribution in [0.15, 0.2) is 59.6 Å². The van der Waals surface area contributed by atoms with E-state index in [2.05, 4.69) is 16.7 Å². The van der Waals surface area contributed by atoms with Crippen molar-refractivity contribution in [1.29, 1.82) is 0 Å². The monoisotopic (exact) mass is 352 g/mol. The number of benzene rings is 2. The molecule has 0 aliphatic carbocycles. The number of nitrogen functional groups attached to an aromatic ring is 1. The minimum Gasteiger partial charge on any atom is -0.399 e. The number of amidine groups is 1. The fraction of sp³-hybridized carbons (Fsp3) is 0.263. The quantitative estimate of drug-likeness (QED) is 0.724. The minimum atomic E-state index is -0.361. The van der Waals surface area contributed by atoms with Gasteiger partial charge in [0.25, 0.3) is 5.91 Å². The van der Waals surface area contributed by atoms with Gasteiger partial charge in [-0.05, 0) is 29.8 Å². The Labute approximate surface area is 151 Å². The van der Waals surface area contributed by atoms with Crippen LogP contribution in [0.4, 0.5) is 5.69 Å². The lowest BCUT2D eigenvalue weighted by Crippen LogP contribution is -2.42. The van der Waals surface area contributed by atoms with Gasteiger partial charge in [0.15, 0.2) is 5.17 Å². The van der Waals surface area contributed by atoms with Crippen molar-refractivity contribution >= 4 is 28.5 Å². The van der Waals surface area contributed by atoms with Crippen molar-refractivity contribution < 1.29 is 4.79 Å². The molecule has 2 aliphatic rings. The number of hydrogen-bond donors (Lipinski definition) is 3. The maximum atomic E-state index is 12.5. The first-order valence-corrected chi connectivity index (χ1v) is 9.32. The second-order valence-electron chi connectivity index (χ2n) is 6.43. The van der Waals surface area contributed by atoms with Gasteiger partial charge in [-0.15, -0.1) is 0 Å². The molecule has 6 heteroatoms. The Balaban J connectivity index is 1.66. The molecule has 4 rings (SSSR count). The van der Waals surface area contributed by atoms with Gasteiger partial charge in [-0.2, -0.15) is 0 Å². The van der Waals surface area contributed by atoms with Gasteiger partial charge in [-0.3, -0.25) is 4.79 Å². The highest BCUT2D eigenvalue weighted by Crippen LogP contribution is 2.43. The van der Waals surface area contributed by atoms with Crippen molar-refractivity contribution in [2.75, 3.05) is 24.6 Å². The molecular formula is C19H20N4OS. The van der Waals surface area contributed by atoms with Crippen molar-refractivity contribution in [2.45, 2.75) is 5.54 Å². The minimum absolute atomic E-state index is 0.126. The number of anilines is 1. The van der Waals surface area contributed by atoms with Gasteiger partial charge in [-0.1, -0.05) is 42.1 Å². The summed E-state index contributed by atoms with van der Waals surface area (Å²) in [5, 5.41) is 7.10. The van der Waals surface area contributed by atoms with Gasteiger partial charge >= 0.3 is 0 Å². The molecule has 0 unspecified atom stereocenters. The maximum absolute atomic E-state index is 12.5. The lowest BCUT2D eigenvalue weighted by Gasteiger charge is -2.35. The van der Waals surface area contributed by atoms with Crippen LogP contribution in [0.2, 0.25) is 0 Å². The SMILES string of the molecule is Nc1cccc([C@]23CNC[C@H]2CSC(NC(=O)c2ccccc2)=N3)c1. The Morgan fingerprint density at radius 3 is 2.88 bits per heavy atom. The smallest absolute Gasteiger partial charge is 0.257 e. The van der Waals surface area contributed by atoms with Crippen LogP contribution in [0, 0.1) is 5.92 Å². The summed E-state index contributed by atoms with van der Waals surface area (Å²) in [7, 11) is 0. The van der Waals surface area contributed by atoms with Gasteiger partial charge in [0.1, 0.15) is 5.54 Å². The van der Waals surface area contributed by atoms with Crippen LogP contribution < -0.4 is 16.4 Å². The second-order valence-corrected chi connectivity index (χ2v) is 7.43. The van der Waals surface area contributed by atoms with Gasteiger partial charge in [0.2, 0.25) is 0 Å². The molecule has 4 N–H and O–H groups in total. The van der Waals surface area contributed by atoms with Crippen LogP contribution in [0.1, 0.15) is 15.9 Å². The number of rotatable bonds is 2. The van der Waals surface area contributed by atoms with Crippen LogP contribution in [-0.2, 0) is 5.54 Å². The van der Waals surface area contributed by atoms with E-state index in [9.17, 15) is 4.79 Å². The molecule has 1 saturated heterocycles. The lowest BCUT2D eigenvalue weighted by molar-refractivity contribution is 0.0977. The number of nitrogens with two attached hydrogens (primary N) is 1. The van der Waals surface area contributed by atoms with E-state index in [4.69, 9.17) is 10.7 Å². The fourth-order valence-corrected chi connectivity index (χ4v) is 4.65. The molecule has 1 amide bonds. The average Bonchev–Trinajstić information content (AvgIpc) is 3.07. The number of carbonyl (C=O) groups is 1. The topological polar surface area (TPSA) is 79.5 Å². The zero-order valence-corrected chi connectivity index (χ0v) is 14.6. The van der Waals surface area contributed by atoms with Gasteiger partial charge in [0, 0.05) is 36.0 Å². The van der Waals surface area contributed by atoms with E-state index in [-0.39, 0.29) is 11.4 Å². The van der Waals surface area contributed by atoms with Gasteiger partial charge in [0.05, 0.1) is 0 Å². The molecule has 2 atom stereocenters. The maximum Gasteiger partial charge on any atom is 0.257 e. The molecule has 0 radical (unpaired) electrons. The molecule has 5 nitrogen and oxygen atoms in total. The average molecular weight is 352 g/mol. The number of nitrogens with zero attached hydrogens (tertiary/aromatic N) is 1. The first kappa shape index (κ1) is 16.2. The van der Waals surface area contributed by atoms with E-state index in [1.165, 1.54) is 0 Å². The number of amides is 1. The molecule has 2 aliphatic heterocycles. The molecule has 0 spiro atoms. The summed E-state index contributed by atoms with van der Waals surface area (Å²) in [6, 6.07) is 17.1. The highest BCUT2D eigenvalue weighted by atomic mass is 32.2. The van der Waals surface area contributed by atoms with Crippen molar-refractivity contribution in [3.63, 3.8) is 0 Å². The van der Waals surface area contributed by atoms with Crippen LogP contribution in [0.25, 0.3) is 0 Å². The summed E-state index contributed by atoms with van der Waals surface area (Å²) < 4.78 is 0. The molecule has 25 heavy (non-hydrogen) atoms. The van der Waals surface area contributed by atoms with E-state index in [1.807, 2.05) is 36.4 Å². The lowest BCUT2D eigenvalue weighted by atomic mass is 9.81. The zero-order chi connectivity index (χ0) is 17.3. The van der Waals surface area contributed by atoms with E-state index >= 15 is 0 Å². The molecular weight excluding hydrogens is 332 g/mol. The highest BCUT2D eigenvalue weighted by molar-refractivity contribution is 8.13. The van der Waals surface area contributed by atoms with E-state index < -0.39 is 0 Å². The molecule has 0 saturated carbocycles. The fourth-order valence-electron chi connectivity index (χ4n) is 3.50. The van der Waals surface area contributed by atoms with Gasteiger partial charge in [-0.25, -0.2) is 4.99 Å². The van der Waals surface area contributed by atoms with Crippen molar-refractivity contribution in [2.24, 2.45) is 10.9 Å². The molecule has 2 aromatic carbocycles. The predicted octanol–water partition coefficient (Wildman–Crippen LogP) is 2.22. The zero-order valence-electron chi connectivity index (χ0n) is 13.7. The Bertz CT molecular complexity index is 823. The molecule has 0 aromatic heterocycles. The van der Waals surface area contributed by atoms with Crippen LogP contribution in [0.5, 0.6) is 0 Å². The number of thioether (sulfide) groups is 1. The Hall–Kier alpha value is -2.31. The summed E-state index contributed by atoms with van der Waals surface area (Å²) in [6.45, 7) is 1.68. The van der Waals surface area contributed by atoms with E-state index in [1.54, 1.807) is 23.9 Å². The molecule has 2 aromatic rings. The second kappa shape index (κ2) is 6.54. The number of hydrogen-bond acceptors (Lipinski definition) is 5. The van der Waals surface area contributed by atoms with E-state index in [0.717, 1.165) is 30.1 Å². The summed E-state index contributed by atoms with van der Waals surface area (Å²) >= 11 is 1.61. The van der Waals surface area contributed by atoms with Crippen molar-refractivity contribution in [3.05, 3.63) is 65.7 Å². The van der Waals surface area contributed by atoms with Crippen molar-refractivity contribution in [3.8, 4) is 0 Å². The summed E-state index contributed by atoms with van der Waals surface area (Å²) in [5.41, 5.74) is 8.11. The third-order valence-corrected chi connectivity index (χ3v) is 5.86. The van der Waals surface area contributed by atoms with E-state index in [0.29, 0.717) is 16.6 Å². The molecule has 1 fully saturated rings. The van der Waals surface area contributed by atoms with Crippen LogP contribution >= 0.6 is 11.8 Å². The summed E-state index contributed by atoms with van der Waals surface area (Å²) in [5.74, 6) is 1.17.